The molecule has 2 aromatic rings. The first kappa shape index (κ1) is 12.2. The molecule has 1 aliphatic heterocycles. The van der Waals surface area contributed by atoms with Gasteiger partial charge in [-0.15, -0.1) is 0 Å². The van der Waals surface area contributed by atoms with Crippen LogP contribution in [0, 0.1) is 12.6 Å². The second-order valence-corrected chi connectivity index (χ2v) is 4.68. The Morgan fingerprint density at radius 3 is 2.95 bits per heavy atom. The molecule has 0 aliphatic carbocycles. The molecule has 4 heteroatoms. The highest BCUT2D eigenvalue weighted by Crippen LogP contribution is 2.35. The van der Waals surface area contributed by atoms with Crippen LogP contribution in [0.15, 0.2) is 42.7 Å². The fourth-order valence-corrected chi connectivity index (χ4v) is 2.39. The summed E-state index contributed by atoms with van der Waals surface area (Å²) in [6.07, 6.45) is 4.47. The van der Waals surface area contributed by atoms with Crippen molar-refractivity contribution in [1.82, 2.24) is 9.97 Å². The van der Waals surface area contributed by atoms with Crippen LogP contribution in [-0.2, 0) is 4.74 Å². The summed E-state index contributed by atoms with van der Waals surface area (Å²) in [5.41, 5.74) is 1.87. The van der Waals surface area contributed by atoms with Crippen molar-refractivity contribution in [3.63, 3.8) is 0 Å². The zero-order valence-corrected chi connectivity index (χ0v) is 10.4. The summed E-state index contributed by atoms with van der Waals surface area (Å²) in [7, 11) is 0. The summed E-state index contributed by atoms with van der Waals surface area (Å²) in [6.45, 7) is 2.39. The molecule has 97 valence electrons. The van der Waals surface area contributed by atoms with E-state index in [2.05, 4.69) is 9.97 Å². The van der Waals surface area contributed by atoms with Gasteiger partial charge in [-0.3, -0.25) is 4.98 Å². The Kier molecular flexibility index (Phi) is 3.51. The summed E-state index contributed by atoms with van der Waals surface area (Å²) < 4.78 is 18.7. The van der Waals surface area contributed by atoms with E-state index in [4.69, 9.17) is 4.74 Å². The number of aromatic nitrogens is 2. The van der Waals surface area contributed by atoms with Gasteiger partial charge in [-0.2, -0.15) is 4.39 Å². The van der Waals surface area contributed by atoms with E-state index in [9.17, 15) is 4.39 Å². The quantitative estimate of drug-likeness (QED) is 0.775. The Morgan fingerprint density at radius 1 is 1.21 bits per heavy atom. The highest BCUT2D eigenvalue weighted by Gasteiger charge is 2.26. The van der Waals surface area contributed by atoms with Gasteiger partial charge in [-0.1, -0.05) is 12.1 Å². The van der Waals surface area contributed by atoms with Crippen molar-refractivity contribution in [2.24, 2.45) is 0 Å². The molecule has 1 aliphatic rings. The van der Waals surface area contributed by atoms with E-state index >= 15 is 0 Å². The minimum Gasteiger partial charge on any atom is -0.374 e. The molecule has 0 amide bonds. The monoisotopic (exact) mass is 257 g/mol. The number of hydrogen-bond acceptors (Lipinski definition) is 3. The maximum absolute atomic E-state index is 13.2. The normalized spacial score (nSPS) is 23.2. The van der Waals surface area contributed by atoms with Crippen LogP contribution in [0.25, 0.3) is 0 Å². The lowest BCUT2D eigenvalue weighted by atomic mass is 9.86. The van der Waals surface area contributed by atoms with Gasteiger partial charge in [-0.05, 0) is 30.2 Å². The van der Waals surface area contributed by atoms with Gasteiger partial charge >= 0.3 is 0 Å². The van der Waals surface area contributed by atoms with Gasteiger partial charge in [0.15, 0.2) is 0 Å². The summed E-state index contributed by atoms with van der Waals surface area (Å²) in [5.74, 6) is -0.155. The molecule has 19 heavy (non-hydrogen) atoms. The average molecular weight is 257 g/mol. The van der Waals surface area contributed by atoms with Gasteiger partial charge in [0.2, 0.25) is 5.95 Å². The lowest BCUT2D eigenvalue weighted by Gasteiger charge is -2.28. The molecule has 1 fully saturated rings. The number of ether oxygens (including phenoxy) is 1. The summed E-state index contributed by atoms with van der Waals surface area (Å²) >= 11 is 0. The van der Waals surface area contributed by atoms with Gasteiger partial charge in [0.1, 0.15) is 0 Å². The van der Waals surface area contributed by atoms with Crippen molar-refractivity contribution in [3.8, 4) is 0 Å². The molecule has 3 rings (SSSR count). The largest absolute Gasteiger partial charge is 0.374 e. The van der Waals surface area contributed by atoms with Gasteiger partial charge in [0.05, 0.1) is 13.2 Å². The van der Waals surface area contributed by atoms with Crippen LogP contribution in [0.5, 0.6) is 0 Å². The molecule has 1 saturated heterocycles. The topological polar surface area (TPSA) is 35.0 Å². The second-order valence-electron chi connectivity index (χ2n) is 4.68. The predicted octanol–water partition coefficient (Wildman–Crippen LogP) is 3.07. The van der Waals surface area contributed by atoms with Crippen LogP contribution in [0.4, 0.5) is 4.39 Å². The van der Waals surface area contributed by atoms with E-state index in [-0.39, 0.29) is 11.8 Å². The Labute approximate surface area is 111 Å². The van der Waals surface area contributed by atoms with Gasteiger partial charge < -0.3 is 4.74 Å². The molecular weight excluding hydrogens is 243 g/mol. The first-order chi connectivity index (χ1) is 9.33. The fraction of sp³-hybridized carbons (Fsp3) is 0.267. The third kappa shape index (κ3) is 2.79. The summed E-state index contributed by atoms with van der Waals surface area (Å²) in [6, 6.07) is 8.83. The Bertz CT molecular complexity index is 547. The molecule has 1 radical (unpaired) electrons. The molecule has 2 aromatic heterocycles. The minimum atomic E-state index is -0.450. The maximum atomic E-state index is 13.2. The zero-order valence-electron chi connectivity index (χ0n) is 10.4. The number of pyridine rings is 2. The number of rotatable bonds is 2. The molecule has 0 bridgehead atoms. The van der Waals surface area contributed by atoms with Crippen LogP contribution in [0.1, 0.15) is 29.5 Å². The molecule has 3 heterocycles. The van der Waals surface area contributed by atoms with Crippen molar-refractivity contribution in [2.75, 3.05) is 6.61 Å². The average Bonchev–Trinajstić information content (AvgIpc) is 2.48. The molecule has 0 aromatic carbocycles. The van der Waals surface area contributed by atoms with E-state index in [0.717, 1.165) is 12.0 Å². The zero-order chi connectivity index (χ0) is 13.1. The van der Waals surface area contributed by atoms with Crippen LogP contribution in [0.3, 0.4) is 0 Å². The van der Waals surface area contributed by atoms with E-state index in [1.807, 2.05) is 24.4 Å². The molecule has 0 saturated carbocycles. The number of nitrogens with zero attached hydrogens (tertiary/aromatic N) is 2. The number of halogens is 1. The van der Waals surface area contributed by atoms with Crippen LogP contribution < -0.4 is 0 Å². The minimum absolute atomic E-state index is 0.0228. The predicted molar refractivity (Wildman–Crippen MR) is 68.8 cm³/mol. The van der Waals surface area contributed by atoms with E-state index in [1.165, 1.54) is 6.07 Å². The van der Waals surface area contributed by atoms with Crippen molar-refractivity contribution in [3.05, 3.63) is 66.5 Å². The van der Waals surface area contributed by atoms with Crippen LogP contribution in [0.2, 0.25) is 0 Å². The van der Waals surface area contributed by atoms with E-state index < -0.39 is 5.95 Å². The standard InChI is InChI=1S/C15H14FN2O/c16-15-5-1-4-14(18-15)13-7-12(9-19-10-13)11-3-2-6-17-8-11/h1-6,8,10,12-13H,7,9H2. The van der Waals surface area contributed by atoms with Gasteiger partial charge in [-0.25, -0.2) is 4.98 Å². The summed E-state index contributed by atoms with van der Waals surface area (Å²) in [5, 5.41) is 0. The summed E-state index contributed by atoms with van der Waals surface area (Å²) in [4.78, 5) is 8.06. The van der Waals surface area contributed by atoms with Crippen molar-refractivity contribution in [2.45, 2.75) is 18.3 Å². The molecule has 2 atom stereocenters. The lowest BCUT2D eigenvalue weighted by Crippen LogP contribution is -2.20. The molecule has 3 nitrogen and oxygen atoms in total. The van der Waals surface area contributed by atoms with Crippen LogP contribution in [-0.4, -0.2) is 16.6 Å². The Morgan fingerprint density at radius 2 is 2.16 bits per heavy atom. The second kappa shape index (κ2) is 5.45. The van der Waals surface area contributed by atoms with Gasteiger partial charge in [0, 0.05) is 29.9 Å². The highest BCUT2D eigenvalue weighted by atomic mass is 19.1. The highest BCUT2D eigenvalue weighted by molar-refractivity contribution is 5.20. The third-order valence-corrected chi connectivity index (χ3v) is 3.37. The SMILES string of the molecule is Fc1cccc(C2[CH]OCC(c3cccnc3)C2)n1. The van der Waals surface area contributed by atoms with Crippen molar-refractivity contribution in [1.29, 1.82) is 0 Å². The van der Waals surface area contributed by atoms with Gasteiger partial charge in [0.25, 0.3) is 0 Å². The van der Waals surface area contributed by atoms with Crippen LogP contribution >= 0.6 is 0 Å². The molecule has 0 spiro atoms. The first-order valence-electron chi connectivity index (χ1n) is 6.30. The Balaban J connectivity index is 1.78. The van der Waals surface area contributed by atoms with Crippen molar-refractivity contribution < 1.29 is 9.13 Å². The van der Waals surface area contributed by atoms with E-state index in [0.29, 0.717) is 12.3 Å². The van der Waals surface area contributed by atoms with E-state index in [1.54, 1.807) is 18.9 Å². The first-order valence-corrected chi connectivity index (χ1v) is 6.30. The Hall–Kier alpha value is -1.81. The third-order valence-electron chi connectivity index (χ3n) is 3.37. The van der Waals surface area contributed by atoms with Crippen molar-refractivity contribution >= 4 is 0 Å². The molecule has 2 unspecified atom stereocenters. The molecule has 0 N–H and O–H groups in total. The lowest BCUT2D eigenvalue weighted by molar-refractivity contribution is 0.120. The fourth-order valence-electron chi connectivity index (χ4n) is 2.39. The smallest absolute Gasteiger partial charge is 0.213 e. The number of hydrogen-bond donors (Lipinski definition) is 0. The molecular formula is C15H14FN2O. The maximum Gasteiger partial charge on any atom is 0.213 e.